The average Bonchev–Trinajstić information content (AvgIpc) is 2.74. The van der Waals surface area contributed by atoms with Crippen molar-refractivity contribution in [2.45, 2.75) is 12.8 Å². The lowest BCUT2D eigenvalue weighted by molar-refractivity contribution is 0.675. The Bertz CT molecular complexity index is 426. The monoisotopic (exact) mass is 236 g/mol. The molecule has 3 rings (SSSR count). The molecule has 0 amide bonds. The maximum Gasteiger partial charge on any atom is 0.155 e. The predicted octanol–water partition coefficient (Wildman–Crippen LogP) is 1.59. The van der Waals surface area contributed by atoms with Gasteiger partial charge in [0, 0.05) is 18.8 Å². The van der Waals surface area contributed by atoms with Gasteiger partial charge in [-0.1, -0.05) is 11.6 Å². The van der Waals surface area contributed by atoms with E-state index in [9.17, 15) is 0 Å². The number of halogens is 1. The van der Waals surface area contributed by atoms with Crippen molar-refractivity contribution in [1.82, 2.24) is 15.5 Å². The third-order valence-corrected chi connectivity index (χ3v) is 3.36. The molecule has 0 saturated carbocycles. The highest BCUT2D eigenvalue weighted by atomic mass is 35.5. The van der Waals surface area contributed by atoms with Crippen molar-refractivity contribution in [3.63, 3.8) is 0 Å². The van der Waals surface area contributed by atoms with Crippen molar-refractivity contribution in [3.05, 3.63) is 28.6 Å². The zero-order valence-electron chi connectivity index (χ0n) is 8.91. The van der Waals surface area contributed by atoms with Gasteiger partial charge in [0.15, 0.2) is 11.0 Å². The Morgan fingerprint density at radius 1 is 1.25 bits per heavy atom. The van der Waals surface area contributed by atoms with Crippen molar-refractivity contribution in [1.29, 1.82) is 0 Å². The lowest BCUT2D eigenvalue weighted by atomic mass is 10.1. The quantitative estimate of drug-likeness (QED) is 0.804. The number of aromatic nitrogens is 2. The summed E-state index contributed by atoms with van der Waals surface area (Å²) in [5, 5.41) is 11.9. The van der Waals surface area contributed by atoms with Gasteiger partial charge in [-0.3, -0.25) is 0 Å². The lowest BCUT2D eigenvalue weighted by Gasteiger charge is -2.24. The Hall–Kier alpha value is -1.13. The summed E-state index contributed by atoms with van der Waals surface area (Å²) >= 11 is 5.74. The van der Waals surface area contributed by atoms with Crippen molar-refractivity contribution in [2.75, 3.05) is 24.5 Å². The Morgan fingerprint density at radius 2 is 2.19 bits per heavy atom. The first-order chi connectivity index (χ1) is 7.84. The van der Waals surface area contributed by atoms with Gasteiger partial charge in [0.25, 0.3) is 0 Å². The third-order valence-electron chi connectivity index (χ3n) is 3.16. The van der Waals surface area contributed by atoms with Gasteiger partial charge in [-0.15, -0.1) is 10.2 Å². The number of hydrogen-bond acceptors (Lipinski definition) is 4. The van der Waals surface area contributed by atoms with E-state index in [1.165, 1.54) is 5.70 Å². The molecular formula is C11H13ClN4. The van der Waals surface area contributed by atoms with Crippen LogP contribution in [0.3, 0.4) is 0 Å². The summed E-state index contributed by atoms with van der Waals surface area (Å²) in [6.45, 7) is 3.06. The number of nitrogens with zero attached hydrogens (tertiary/aromatic N) is 3. The molecule has 0 fully saturated rings. The molecule has 0 radical (unpaired) electrons. The fourth-order valence-corrected chi connectivity index (χ4v) is 2.46. The van der Waals surface area contributed by atoms with Gasteiger partial charge >= 0.3 is 0 Å². The van der Waals surface area contributed by atoms with Crippen LogP contribution in [0.5, 0.6) is 0 Å². The maximum atomic E-state index is 5.74. The van der Waals surface area contributed by atoms with E-state index in [-0.39, 0.29) is 0 Å². The Morgan fingerprint density at radius 3 is 3.00 bits per heavy atom. The molecule has 0 atom stereocenters. The molecule has 3 heterocycles. The van der Waals surface area contributed by atoms with Gasteiger partial charge in [-0.2, -0.15) is 0 Å². The lowest BCUT2D eigenvalue weighted by Crippen LogP contribution is -2.31. The highest BCUT2D eigenvalue weighted by molar-refractivity contribution is 6.29. The fraction of sp³-hybridized carbons (Fsp3) is 0.455. The van der Waals surface area contributed by atoms with Crippen LogP contribution in [0.1, 0.15) is 12.8 Å². The van der Waals surface area contributed by atoms with Gasteiger partial charge in [0.1, 0.15) is 0 Å². The molecule has 16 heavy (non-hydrogen) atoms. The van der Waals surface area contributed by atoms with Crippen LogP contribution in [0.15, 0.2) is 23.4 Å². The van der Waals surface area contributed by atoms with Gasteiger partial charge < -0.3 is 10.2 Å². The smallest absolute Gasteiger partial charge is 0.155 e. The van der Waals surface area contributed by atoms with Crippen LogP contribution < -0.4 is 10.2 Å². The standard InChI is InChI=1S/C11H13ClN4/c12-10-1-2-11(15-14-10)16-6-4-8-3-5-13-7-9(8)16/h1-2,13H,3-7H2. The minimum Gasteiger partial charge on any atom is -0.327 e. The van der Waals surface area contributed by atoms with E-state index in [0.29, 0.717) is 5.15 Å². The molecular weight excluding hydrogens is 224 g/mol. The predicted molar refractivity (Wildman–Crippen MR) is 63.5 cm³/mol. The van der Waals surface area contributed by atoms with E-state index >= 15 is 0 Å². The van der Waals surface area contributed by atoms with E-state index in [4.69, 9.17) is 11.6 Å². The fourth-order valence-electron chi connectivity index (χ4n) is 2.36. The van der Waals surface area contributed by atoms with E-state index in [2.05, 4.69) is 20.4 Å². The summed E-state index contributed by atoms with van der Waals surface area (Å²) in [5.41, 5.74) is 2.94. The molecule has 1 aromatic heterocycles. The molecule has 0 aliphatic carbocycles. The van der Waals surface area contributed by atoms with Crippen molar-refractivity contribution >= 4 is 17.4 Å². The Kier molecular flexibility index (Phi) is 2.53. The molecule has 2 aliphatic rings. The van der Waals surface area contributed by atoms with Gasteiger partial charge in [-0.05, 0) is 37.1 Å². The molecule has 0 aromatic carbocycles. The summed E-state index contributed by atoms with van der Waals surface area (Å²) in [4.78, 5) is 2.24. The molecule has 5 heteroatoms. The molecule has 0 saturated heterocycles. The summed E-state index contributed by atoms with van der Waals surface area (Å²) < 4.78 is 0. The largest absolute Gasteiger partial charge is 0.327 e. The summed E-state index contributed by atoms with van der Waals surface area (Å²) in [6.07, 6.45) is 2.31. The second-order valence-corrected chi connectivity index (χ2v) is 4.48. The van der Waals surface area contributed by atoms with Crippen molar-refractivity contribution in [2.24, 2.45) is 0 Å². The van der Waals surface area contributed by atoms with Crippen LogP contribution in [0.4, 0.5) is 5.82 Å². The molecule has 1 aromatic rings. The summed E-state index contributed by atoms with van der Waals surface area (Å²) in [5.74, 6) is 0.901. The average molecular weight is 237 g/mol. The molecule has 0 spiro atoms. The van der Waals surface area contributed by atoms with Gasteiger partial charge in [0.05, 0.1) is 0 Å². The highest BCUT2D eigenvalue weighted by Crippen LogP contribution is 2.30. The Balaban J connectivity index is 1.91. The molecule has 4 nitrogen and oxygen atoms in total. The number of hydrogen-bond donors (Lipinski definition) is 1. The minimum absolute atomic E-state index is 0.443. The Labute approximate surface area is 99.3 Å². The molecule has 2 aliphatic heterocycles. The van der Waals surface area contributed by atoms with Gasteiger partial charge in [0.2, 0.25) is 0 Å². The number of rotatable bonds is 1. The van der Waals surface area contributed by atoms with E-state index in [0.717, 1.165) is 38.3 Å². The normalized spacial score (nSPS) is 20.2. The van der Waals surface area contributed by atoms with Crippen LogP contribution in [-0.4, -0.2) is 29.8 Å². The summed E-state index contributed by atoms with van der Waals surface area (Å²) in [7, 11) is 0. The van der Waals surface area contributed by atoms with Crippen LogP contribution in [0.2, 0.25) is 5.15 Å². The van der Waals surface area contributed by atoms with Crippen LogP contribution in [-0.2, 0) is 0 Å². The zero-order chi connectivity index (χ0) is 11.0. The second-order valence-electron chi connectivity index (χ2n) is 4.09. The summed E-state index contributed by atoms with van der Waals surface area (Å²) in [6, 6.07) is 3.72. The SMILES string of the molecule is Clc1ccc(N2CCC3=C2CNCC3)nn1. The first-order valence-electron chi connectivity index (χ1n) is 5.53. The van der Waals surface area contributed by atoms with Crippen LogP contribution in [0.25, 0.3) is 0 Å². The number of nitrogens with one attached hydrogen (secondary N) is 1. The van der Waals surface area contributed by atoms with E-state index < -0.39 is 0 Å². The zero-order valence-corrected chi connectivity index (χ0v) is 9.67. The number of anilines is 1. The van der Waals surface area contributed by atoms with Crippen LogP contribution in [0, 0.1) is 0 Å². The minimum atomic E-state index is 0.443. The van der Waals surface area contributed by atoms with Gasteiger partial charge in [-0.25, -0.2) is 0 Å². The van der Waals surface area contributed by atoms with E-state index in [1.807, 2.05) is 6.07 Å². The topological polar surface area (TPSA) is 41.0 Å². The molecule has 84 valence electrons. The third kappa shape index (κ3) is 1.68. The van der Waals surface area contributed by atoms with E-state index in [1.54, 1.807) is 11.6 Å². The maximum absolute atomic E-state index is 5.74. The highest BCUT2D eigenvalue weighted by Gasteiger charge is 2.26. The molecule has 1 N–H and O–H groups in total. The molecule has 0 bridgehead atoms. The van der Waals surface area contributed by atoms with Crippen LogP contribution >= 0.6 is 11.6 Å². The first-order valence-corrected chi connectivity index (χ1v) is 5.91. The second kappa shape index (κ2) is 4.03. The van der Waals surface area contributed by atoms with Crippen molar-refractivity contribution in [3.8, 4) is 0 Å². The van der Waals surface area contributed by atoms with Crippen molar-refractivity contribution < 1.29 is 0 Å². The molecule has 0 unspecified atom stereocenters. The first kappa shape index (κ1) is 10.1.